The molecule has 2 N–H and O–H groups in total. The fraction of sp³-hybridized carbons (Fsp3) is 0.625. The van der Waals surface area contributed by atoms with Gasteiger partial charge in [0.15, 0.2) is 0 Å². The number of amides is 2. The van der Waals surface area contributed by atoms with Gasteiger partial charge in [0.2, 0.25) is 5.91 Å². The lowest BCUT2D eigenvalue weighted by Gasteiger charge is -2.40. The van der Waals surface area contributed by atoms with Gasteiger partial charge in [-0.05, 0) is 72.2 Å². The first kappa shape index (κ1) is 27.6. The SMILES string of the molecule is CC(C)OC(=O)[C@@H]1C[C@H](N(C)C(C)C)CC[C@@H]1NC(=O)CNC(=O)c1cccc(C(F)(F)F)c1. The molecule has 1 aromatic rings. The second-order valence-electron chi connectivity index (χ2n) is 9.25. The van der Waals surface area contributed by atoms with E-state index < -0.39 is 42.1 Å². The van der Waals surface area contributed by atoms with Crippen molar-refractivity contribution in [2.24, 2.45) is 5.92 Å². The molecule has 1 fully saturated rings. The van der Waals surface area contributed by atoms with E-state index in [-0.39, 0.29) is 23.7 Å². The van der Waals surface area contributed by atoms with E-state index in [4.69, 9.17) is 4.74 Å². The van der Waals surface area contributed by atoms with Crippen LogP contribution >= 0.6 is 0 Å². The summed E-state index contributed by atoms with van der Waals surface area (Å²) in [6, 6.07) is 3.98. The normalized spacial score (nSPS) is 21.0. The summed E-state index contributed by atoms with van der Waals surface area (Å²) in [6.07, 6.45) is -3.00. The number of carbonyl (C=O) groups is 3. The second-order valence-corrected chi connectivity index (χ2v) is 9.25. The molecular weight excluding hydrogens is 451 g/mol. The summed E-state index contributed by atoms with van der Waals surface area (Å²) in [7, 11) is 2.00. The molecule has 0 heterocycles. The Hall–Kier alpha value is -2.62. The Morgan fingerprint density at radius 1 is 1.15 bits per heavy atom. The molecule has 3 atom stereocenters. The summed E-state index contributed by atoms with van der Waals surface area (Å²) < 4.78 is 44.0. The first-order valence-electron chi connectivity index (χ1n) is 11.5. The van der Waals surface area contributed by atoms with Crippen molar-refractivity contribution in [2.75, 3.05) is 13.6 Å². The fourth-order valence-corrected chi connectivity index (χ4v) is 4.05. The van der Waals surface area contributed by atoms with Gasteiger partial charge in [0, 0.05) is 23.7 Å². The smallest absolute Gasteiger partial charge is 0.416 e. The average Bonchev–Trinajstić information content (AvgIpc) is 2.76. The zero-order chi connectivity index (χ0) is 25.6. The lowest BCUT2D eigenvalue weighted by atomic mass is 9.80. The van der Waals surface area contributed by atoms with Crippen LogP contribution in [0.4, 0.5) is 13.2 Å². The number of halogens is 3. The molecule has 190 valence electrons. The van der Waals surface area contributed by atoms with Crippen molar-refractivity contribution < 1.29 is 32.3 Å². The summed E-state index contributed by atoms with van der Waals surface area (Å²) in [4.78, 5) is 39.7. The van der Waals surface area contributed by atoms with Crippen LogP contribution in [0.3, 0.4) is 0 Å². The standard InChI is InChI=1S/C24H34F3N3O4/c1-14(2)30(5)18-9-10-20(19(12-18)23(33)34-15(3)4)29-21(31)13-28-22(32)16-7-6-8-17(11-16)24(25,26)27/h6-8,11,14-15,18-20H,9-10,12-13H2,1-5H3,(H,28,32)(H,29,31)/t18-,19-,20+/m1/s1. The van der Waals surface area contributed by atoms with Gasteiger partial charge in [0.25, 0.3) is 5.91 Å². The Labute approximate surface area is 198 Å². The molecule has 34 heavy (non-hydrogen) atoms. The number of nitrogens with zero attached hydrogens (tertiary/aromatic N) is 1. The number of ether oxygens (including phenoxy) is 1. The van der Waals surface area contributed by atoms with Crippen molar-refractivity contribution in [3.8, 4) is 0 Å². The van der Waals surface area contributed by atoms with Crippen LogP contribution in [-0.2, 0) is 20.5 Å². The highest BCUT2D eigenvalue weighted by atomic mass is 19.4. The van der Waals surface area contributed by atoms with E-state index in [1.807, 2.05) is 7.05 Å². The number of hydrogen-bond donors (Lipinski definition) is 2. The highest BCUT2D eigenvalue weighted by Crippen LogP contribution is 2.31. The van der Waals surface area contributed by atoms with Crippen molar-refractivity contribution in [2.45, 2.75) is 77.4 Å². The van der Waals surface area contributed by atoms with Crippen LogP contribution in [0, 0.1) is 5.92 Å². The molecule has 1 aliphatic rings. The molecule has 2 rings (SSSR count). The summed E-state index contributed by atoms with van der Waals surface area (Å²) in [5.74, 6) is -2.23. The summed E-state index contributed by atoms with van der Waals surface area (Å²) in [5, 5.41) is 5.14. The molecule has 1 saturated carbocycles. The van der Waals surface area contributed by atoms with Gasteiger partial charge in [-0.2, -0.15) is 13.2 Å². The van der Waals surface area contributed by atoms with Gasteiger partial charge in [-0.15, -0.1) is 0 Å². The van der Waals surface area contributed by atoms with Gasteiger partial charge in [0.1, 0.15) is 0 Å². The summed E-state index contributed by atoms with van der Waals surface area (Å²) >= 11 is 0. The number of nitrogens with one attached hydrogen (secondary N) is 2. The predicted octanol–water partition coefficient (Wildman–Crippen LogP) is 3.38. The van der Waals surface area contributed by atoms with Crippen LogP contribution in [0.15, 0.2) is 24.3 Å². The summed E-state index contributed by atoms with van der Waals surface area (Å²) in [6.45, 7) is 7.24. The number of benzene rings is 1. The number of carbonyl (C=O) groups excluding carboxylic acids is 3. The molecule has 7 nitrogen and oxygen atoms in total. The van der Waals surface area contributed by atoms with Gasteiger partial charge in [-0.25, -0.2) is 0 Å². The Morgan fingerprint density at radius 2 is 1.82 bits per heavy atom. The van der Waals surface area contributed by atoms with Crippen molar-refractivity contribution in [3.63, 3.8) is 0 Å². The van der Waals surface area contributed by atoms with Crippen molar-refractivity contribution in [3.05, 3.63) is 35.4 Å². The maximum Gasteiger partial charge on any atom is 0.416 e. The van der Waals surface area contributed by atoms with Crippen LogP contribution < -0.4 is 10.6 Å². The minimum absolute atomic E-state index is 0.165. The first-order valence-corrected chi connectivity index (χ1v) is 11.5. The van der Waals surface area contributed by atoms with Crippen molar-refractivity contribution in [1.29, 1.82) is 0 Å². The van der Waals surface area contributed by atoms with Crippen LogP contribution in [0.25, 0.3) is 0 Å². The number of rotatable bonds is 8. The quantitative estimate of drug-likeness (QED) is 0.552. The Bertz CT molecular complexity index is 873. The lowest BCUT2D eigenvalue weighted by molar-refractivity contribution is -0.155. The predicted molar refractivity (Wildman–Crippen MR) is 121 cm³/mol. The van der Waals surface area contributed by atoms with Crippen LogP contribution in [0.1, 0.15) is 62.9 Å². The summed E-state index contributed by atoms with van der Waals surface area (Å²) in [5.41, 5.74) is -1.14. The number of hydrogen-bond acceptors (Lipinski definition) is 5. The molecule has 2 amide bonds. The van der Waals surface area contributed by atoms with Gasteiger partial charge in [-0.1, -0.05) is 6.07 Å². The van der Waals surface area contributed by atoms with Crippen molar-refractivity contribution in [1.82, 2.24) is 15.5 Å². The third-order valence-electron chi connectivity index (χ3n) is 6.08. The monoisotopic (exact) mass is 485 g/mol. The topological polar surface area (TPSA) is 87.7 Å². The van der Waals surface area contributed by atoms with E-state index in [0.29, 0.717) is 18.9 Å². The zero-order valence-corrected chi connectivity index (χ0v) is 20.2. The fourth-order valence-electron chi connectivity index (χ4n) is 4.05. The molecule has 10 heteroatoms. The molecule has 0 radical (unpaired) electrons. The van der Waals surface area contributed by atoms with Gasteiger partial charge < -0.3 is 20.3 Å². The van der Waals surface area contributed by atoms with E-state index >= 15 is 0 Å². The highest BCUT2D eigenvalue weighted by molar-refractivity contribution is 5.96. The Kier molecular flexibility index (Phi) is 9.49. The molecule has 0 bridgehead atoms. The molecule has 1 aromatic carbocycles. The van der Waals surface area contributed by atoms with Crippen LogP contribution in [-0.4, -0.2) is 60.5 Å². The molecule has 0 unspecified atom stereocenters. The largest absolute Gasteiger partial charge is 0.463 e. The maximum atomic E-state index is 12.9. The van der Waals surface area contributed by atoms with E-state index in [0.717, 1.165) is 24.6 Å². The highest BCUT2D eigenvalue weighted by Gasteiger charge is 2.39. The van der Waals surface area contributed by atoms with E-state index in [9.17, 15) is 27.6 Å². The Morgan fingerprint density at radius 3 is 2.41 bits per heavy atom. The number of alkyl halides is 3. The van der Waals surface area contributed by atoms with Gasteiger partial charge in [-0.3, -0.25) is 14.4 Å². The van der Waals surface area contributed by atoms with Crippen LogP contribution in [0.2, 0.25) is 0 Å². The maximum absolute atomic E-state index is 12.9. The number of esters is 1. The molecule has 0 aromatic heterocycles. The molecule has 0 saturated heterocycles. The second kappa shape index (κ2) is 11.7. The van der Waals surface area contributed by atoms with E-state index in [1.54, 1.807) is 13.8 Å². The zero-order valence-electron chi connectivity index (χ0n) is 20.2. The van der Waals surface area contributed by atoms with Gasteiger partial charge >= 0.3 is 12.1 Å². The van der Waals surface area contributed by atoms with E-state index in [1.165, 1.54) is 6.07 Å². The lowest BCUT2D eigenvalue weighted by Crippen LogP contribution is -2.53. The first-order chi connectivity index (χ1) is 15.8. The third kappa shape index (κ3) is 7.72. The third-order valence-corrected chi connectivity index (χ3v) is 6.08. The minimum atomic E-state index is -4.57. The molecule has 1 aliphatic carbocycles. The molecular formula is C24H34F3N3O4. The van der Waals surface area contributed by atoms with Crippen molar-refractivity contribution >= 4 is 17.8 Å². The minimum Gasteiger partial charge on any atom is -0.463 e. The molecule has 0 spiro atoms. The Balaban J connectivity index is 2.01. The van der Waals surface area contributed by atoms with Gasteiger partial charge in [0.05, 0.1) is 24.1 Å². The average molecular weight is 486 g/mol. The van der Waals surface area contributed by atoms with E-state index in [2.05, 4.69) is 29.4 Å². The molecule has 0 aliphatic heterocycles. The van der Waals surface area contributed by atoms with Crippen LogP contribution in [0.5, 0.6) is 0 Å².